The SMILES string of the molecule is CCNC(=NCCCOC1CCCCC1)NCCNC(=O)c1scnc1C. The van der Waals surface area contributed by atoms with Gasteiger partial charge < -0.3 is 20.7 Å². The van der Waals surface area contributed by atoms with E-state index in [-0.39, 0.29) is 5.91 Å². The molecular weight excluding hydrogens is 362 g/mol. The third-order valence-electron chi connectivity index (χ3n) is 4.48. The van der Waals surface area contributed by atoms with Gasteiger partial charge in [-0.15, -0.1) is 11.3 Å². The van der Waals surface area contributed by atoms with Gasteiger partial charge in [0.1, 0.15) is 4.88 Å². The number of carbonyl (C=O) groups excluding carboxylic acids is 1. The van der Waals surface area contributed by atoms with Crippen LogP contribution in [-0.2, 0) is 4.74 Å². The molecule has 0 spiro atoms. The van der Waals surface area contributed by atoms with Gasteiger partial charge in [-0.2, -0.15) is 0 Å². The van der Waals surface area contributed by atoms with Crippen LogP contribution in [0.5, 0.6) is 0 Å². The number of amides is 1. The summed E-state index contributed by atoms with van der Waals surface area (Å²) in [4.78, 5) is 21.4. The molecule has 1 aromatic heterocycles. The Morgan fingerprint density at radius 3 is 2.74 bits per heavy atom. The molecule has 1 fully saturated rings. The lowest BCUT2D eigenvalue weighted by atomic mass is 9.98. The Bertz CT molecular complexity index is 584. The van der Waals surface area contributed by atoms with Crippen LogP contribution in [0.15, 0.2) is 10.5 Å². The predicted molar refractivity (Wildman–Crippen MR) is 111 cm³/mol. The van der Waals surface area contributed by atoms with Gasteiger partial charge in [-0.05, 0) is 33.1 Å². The number of thiazole rings is 1. The Hall–Kier alpha value is -1.67. The van der Waals surface area contributed by atoms with Crippen molar-refractivity contribution in [2.45, 2.75) is 58.5 Å². The van der Waals surface area contributed by atoms with Gasteiger partial charge in [-0.3, -0.25) is 9.79 Å². The minimum atomic E-state index is -0.0707. The Morgan fingerprint density at radius 1 is 1.26 bits per heavy atom. The molecule has 0 radical (unpaired) electrons. The molecule has 27 heavy (non-hydrogen) atoms. The average molecular weight is 396 g/mol. The minimum absolute atomic E-state index is 0.0707. The summed E-state index contributed by atoms with van der Waals surface area (Å²) in [5.41, 5.74) is 2.46. The van der Waals surface area contributed by atoms with Gasteiger partial charge in [0.05, 0.1) is 17.3 Å². The van der Waals surface area contributed by atoms with Crippen LogP contribution in [0.1, 0.15) is 60.8 Å². The molecule has 7 nitrogen and oxygen atoms in total. The normalized spacial score (nSPS) is 15.6. The Morgan fingerprint density at radius 2 is 2.04 bits per heavy atom. The first kappa shape index (κ1) is 21.6. The van der Waals surface area contributed by atoms with Crippen molar-refractivity contribution in [3.63, 3.8) is 0 Å². The fraction of sp³-hybridized carbons (Fsp3) is 0.737. The lowest BCUT2D eigenvalue weighted by Crippen LogP contribution is -2.41. The highest BCUT2D eigenvalue weighted by molar-refractivity contribution is 7.11. The number of nitrogens with one attached hydrogen (secondary N) is 3. The fourth-order valence-corrected chi connectivity index (χ4v) is 3.75. The summed E-state index contributed by atoms with van der Waals surface area (Å²) in [5, 5.41) is 9.37. The van der Waals surface area contributed by atoms with Crippen molar-refractivity contribution in [2.75, 3.05) is 32.8 Å². The first-order valence-electron chi connectivity index (χ1n) is 10.0. The van der Waals surface area contributed by atoms with Crippen molar-refractivity contribution < 1.29 is 9.53 Å². The predicted octanol–water partition coefficient (Wildman–Crippen LogP) is 2.48. The highest BCUT2D eigenvalue weighted by Crippen LogP contribution is 2.20. The molecule has 0 aliphatic heterocycles. The van der Waals surface area contributed by atoms with Gasteiger partial charge >= 0.3 is 0 Å². The second-order valence-corrected chi connectivity index (χ2v) is 7.55. The van der Waals surface area contributed by atoms with E-state index in [0.717, 1.165) is 37.8 Å². The monoisotopic (exact) mass is 395 g/mol. The lowest BCUT2D eigenvalue weighted by Gasteiger charge is -2.21. The molecule has 0 aromatic carbocycles. The van der Waals surface area contributed by atoms with Crippen LogP contribution < -0.4 is 16.0 Å². The second kappa shape index (κ2) is 12.7. The van der Waals surface area contributed by atoms with E-state index in [1.54, 1.807) is 5.51 Å². The van der Waals surface area contributed by atoms with E-state index in [4.69, 9.17) is 4.74 Å². The zero-order chi connectivity index (χ0) is 19.3. The lowest BCUT2D eigenvalue weighted by molar-refractivity contribution is 0.0281. The number of carbonyl (C=O) groups is 1. The molecule has 2 rings (SSSR count). The molecule has 0 unspecified atom stereocenters. The molecule has 1 aliphatic carbocycles. The Kier molecular flexibility index (Phi) is 10.1. The molecule has 3 N–H and O–H groups in total. The molecule has 152 valence electrons. The van der Waals surface area contributed by atoms with Crippen LogP contribution >= 0.6 is 11.3 Å². The zero-order valence-electron chi connectivity index (χ0n) is 16.6. The molecule has 0 bridgehead atoms. The van der Waals surface area contributed by atoms with Crippen LogP contribution in [0.4, 0.5) is 0 Å². The quantitative estimate of drug-likeness (QED) is 0.322. The molecule has 1 aromatic rings. The van der Waals surface area contributed by atoms with Crippen LogP contribution in [0.2, 0.25) is 0 Å². The summed E-state index contributed by atoms with van der Waals surface area (Å²) in [7, 11) is 0. The van der Waals surface area contributed by atoms with Gasteiger partial charge in [0.15, 0.2) is 5.96 Å². The van der Waals surface area contributed by atoms with E-state index >= 15 is 0 Å². The highest BCUT2D eigenvalue weighted by atomic mass is 32.1. The van der Waals surface area contributed by atoms with Crippen LogP contribution in [0.25, 0.3) is 0 Å². The summed E-state index contributed by atoms with van der Waals surface area (Å²) in [6.07, 6.45) is 7.76. The standard InChI is InChI=1S/C19H33N5O2S/c1-3-20-19(22-10-7-13-26-16-8-5-4-6-9-16)23-12-11-21-18(25)17-15(2)24-14-27-17/h14,16H,3-13H2,1-2H3,(H,21,25)(H2,20,22,23). The van der Waals surface area contributed by atoms with Gasteiger partial charge in [0.25, 0.3) is 5.91 Å². The van der Waals surface area contributed by atoms with Crippen molar-refractivity contribution in [1.82, 2.24) is 20.9 Å². The smallest absolute Gasteiger partial charge is 0.263 e. The third kappa shape index (κ3) is 8.26. The number of aliphatic imine (C=N–C) groups is 1. The maximum atomic E-state index is 12.0. The average Bonchev–Trinajstić information content (AvgIpc) is 3.11. The van der Waals surface area contributed by atoms with E-state index < -0.39 is 0 Å². The third-order valence-corrected chi connectivity index (χ3v) is 5.40. The number of hydrogen-bond donors (Lipinski definition) is 3. The van der Waals surface area contributed by atoms with E-state index in [1.165, 1.54) is 43.4 Å². The molecule has 0 atom stereocenters. The van der Waals surface area contributed by atoms with E-state index in [1.807, 2.05) is 13.8 Å². The number of aromatic nitrogens is 1. The zero-order valence-corrected chi connectivity index (χ0v) is 17.4. The Labute approximate surface area is 166 Å². The molecule has 1 heterocycles. The van der Waals surface area contributed by atoms with Crippen molar-refractivity contribution in [3.05, 3.63) is 16.1 Å². The number of ether oxygens (including phenoxy) is 1. The molecule has 0 saturated heterocycles. The van der Waals surface area contributed by atoms with Gasteiger partial charge in [0.2, 0.25) is 0 Å². The Balaban J connectivity index is 1.59. The van der Waals surface area contributed by atoms with Crippen molar-refractivity contribution in [3.8, 4) is 0 Å². The van der Waals surface area contributed by atoms with Crippen molar-refractivity contribution >= 4 is 23.2 Å². The molecule has 1 saturated carbocycles. The minimum Gasteiger partial charge on any atom is -0.378 e. The molecule has 1 aliphatic rings. The van der Waals surface area contributed by atoms with Crippen molar-refractivity contribution in [1.29, 1.82) is 0 Å². The number of aryl methyl sites for hydroxylation is 1. The summed E-state index contributed by atoms with van der Waals surface area (Å²) < 4.78 is 5.93. The maximum absolute atomic E-state index is 12.0. The number of nitrogens with zero attached hydrogens (tertiary/aromatic N) is 2. The van der Waals surface area contributed by atoms with Crippen LogP contribution in [0.3, 0.4) is 0 Å². The van der Waals surface area contributed by atoms with E-state index in [0.29, 0.717) is 24.1 Å². The van der Waals surface area contributed by atoms with E-state index in [9.17, 15) is 4.79 Å². The topological polar surface area (TPSA) is 87.6 Å². The van der Waals surface area contributed by atoms with Gasteiger partial charge in [-0.1, -0.05) is 19.3 Å². The number of hydrogen-bond acceptors (Lipinski definition) is 5. The van der Waals surface area contributed by atoms with Crippen LogP contribution in [0, 0.1) is 6.92 Å². The van der Waals surface area contributed by atoms with E-state index in [2.05, 4.69) is 25.9 Å². The second-order valence-electron chi connectivity index (χ2n) is 6.69. The van der Waals surface area contributed by atoms with Gasteiger partial charge in [0, 0.05) is 32.8 Å². The van der Waals surface area contributed by atoms with Gasteiger partial charge in [-0.25, -0.2) is 4.98 Å². The molecule has 8 heteroatoms. The summed E-state index contributed by atoms with van der Waals surface area (Å²) in [5.74, 6) is 0.706. The number of guanidine groups is 1. The largest absolute Gasteiger partial charge is 0.378 e. The first-order valence-corrected chi connectivity index (χ1v) is 10.9. The highest BCUT2D eigenvalue weighted by Gasteiger charge is 2.13. The van der Waals surface area contributed by atoms with Crippen LogP contribution in [-0.4, -0.2) is 55.7 Å². The summed E-state index contributed by atoms with van der Waals surface area (Å²) >= 11 is 1.36. The first-order chi connectivity index (χ1) is 13.2. The molecule has 1 amide bonds. The van der Waals surface area contributed by atoms with Crippen molar-refractivity contribution in [2.24, 2.45) is 4.99 Å². The summed E-state index contributed by atoms with van der Waals surface area (Å²) in [6, 6.07) is 0. The maximum Gasteiger partial charge on any atom is 0.263 e. The fourth-order valence-electron chi connectivity index (χ4n) is 3.04. The number of rotatable bonds is 10. The summed E-state index contributed by atoms with van der Waals surface area (Å²) in [6.45, 7) is 7.35. The molecular formula is C19H33N5O2S.